The van der Waals surface area contributed by atoms with Gasteiger partial charge in [-0.3, -0.25) is 4.79 Å². The van der Waals surface area contributed by atoms with Crippen molar-refractivity contribution in [3.05, 3.63) is 29.8 Å². The number of primary amides is 1. The first-order chi connectivity index (χ1) is 10.0. The summed E-state index contributed by atoms with van der Waals surface area (Å²) in [5.41, 5.74) is 4.17. The van der Waals surface area contributed by atoms with Crippen molar-refractivity contribution in [3.63, 3.8) is 0 Å². The third-order valence-corrected chi connectivity index (χ3v) is 3.89. The normalized spacial score (nSPS) is 13.8. The molecule has 0 saturated carbocycles. The van der Waals surface area contributed by atoms with Gasteiger partial charge >= 0.3 is 0 Å². The van der Waals surface area contributed by atoms with Crippen LogP contribution in [0.15, 0.2) is 24.3 Å². The molecule has 0 heterocycles. The molecule has 1 aromatic rings. The number of hydrogen-bond acceptors (Lipinski definition) is 3. The Balaban J connectivity index is 2.50. The zero-order valence-electron chi connectivity index (χ0n) is 12.8. The number of nitrogens with two attached hydrogens (primary N) is 1. The SMILES string of the molecule is CCCCCCCCCC(O)(C(N)=O)c1ccc(O)cc1. The summed E-state index contributed by atoms with van der Waals surface area (Å²) in [6.07, 6.45) is 8.10. The molecule has 0 aliphatic carbocycles. The Morgan fingerprint density at radius 2 is 1.57 bits per heavy atom. The highest BCUT2D eigenvalue weighted by molar-refractivity contribution is 5.84. The maximum atomic E-state index is 11.6. The van der Waals surface area contributed by atoms with Gasteiger partial charge in [0.05, 0.1) is 0 Å². The Labute approximate surface area is 127 Å². The summed E-state index contributed by atoms with van der Waals surface area (Å²) < 4.78 is 0. The molecule has 1 rings (SSSR count). The molecule has 1 amide bonds. The standard InChI is InChI=1S/C17H27NO3/c1-2-3-4-5-6-7-8-13-17(21,16(18)20)14-9-11-15(19)12-10-14/h9-12,19,21H,2-8,13H2,1H3,(H2,18,20). The predicted molar refractivity (Wildman–Crippen MR) is 83.8 cm³/mol. The molecule has 0 aliphatic rings. The second-order valence-corrected chi connectivity index (χ2v) is 5.64. The summed E-state index contributed by atoms with van der Waals surface area (Å²) in [6.45, 7) is 2.19. The minimum Gasteiger partial charge on any atom is -0.508 e. The molecule has 118 valence electrons. The first-order valence-electron chi connectivity index (χ1n) is 7.82. The van der Waals surface area contributed by atoms with E-state index in [9.17, 15) is 15.0 Å². The van der Waals surface area contributed by atoms with E-state index in [-0.39, 0.29) is 5.75 Å². The first kappa shape index (κ1) is 17.5. The van der Waals surface area contributed by atoms with Gasteiger partial charge in [-0.2, -0.15) is 0 Å². The molecule has 1 atom stereocenters. The summed E-state index contributed by atoms with van der Waals surface area (Å²) in [5, 5.41) is 19.8. The Kier molecular flexibility index (Phi) is 7.23. The summed E-state index contributed by atoms with van der Waals surface area (Å²) in [4.78, 5) is 11.6. The van der Waals surface area contributed by atoms with Crippen LogP contribution in [0.2, 0.25) is 0 Å². The Bertz CT molecular complexity index is 430. The zero-order valence-corrected chi connectivity index (χ0v) is 12.8. The van der Waals surface area contributed by atoms with Crippen molar-refractivity contribution in [2.75, 3.05) is 0 Å². The number of amides is 1. The van der Waals surface area contributed by atoms with Crippen LogP contribution in [0.4, 0.5) is 0 Å². The van der Waals surface area contributed by atoms with Crippen LogP contribution in [0, 0.1) is 0 Å². The number of carbonyl (C=O) groups is 1. The summed E-state index contributed by atoms with van der Waals surface area (Å²) >= 11 is 0. The molecule has 0 fully saturated rings. The van der Waals surface area contributed by atoms with Gasteiger partial charge < -0.3 is 15.9 Å². The smallest absolute Gasteiger partial charge is 0.254 e. The maximum absolute atomic E-state index is 11.6. The van der Waals surface area contributed by atoms with Crippen molar-refractivity contribution >= 4 is 5.91 Å². The number of benzene rings is 1. The van der Waals surface area contributed by atoms with Gasteiger partial charge in [0.1, 0.15) is 5.75 Å². The molecular weight excluding hydrogens is 266 g/mol. The van der Waals surface area contributed by atoms with E-state index in [0.29, 0.717) is 12.0 Å². The highest BCUT2D eigenvalue weighted by atomic mass is 16.3. The lowest BCUT2D eigenvalue weighted by molar-refractivity contribution is -0.138. The van der Waals surface area contributed by atoms with E-state index < -0.39 is 11.5 Å². The Hall–Kier alpha value is -1.55. The minimum atomic E-state index is -1.64. The zero-order chi connectivity index (χ0) is 15.7. The van der Waals surface area contributed by atoms with Crippen LogP contribution in [0.25, 0.3) is 0 Å². The summed E-state index contributed by atoms with van der Waals surface area (Å²) in [5.74, 6) is -0.638. The van der Waals surface area contributed by atoms with Gasteiger partial charge in [-0.15, -0.1) is 0 Å². The van der Waals surface area contributed by atoms with Crippen LogP contribution in [0.3, 0.4) is 0 Å². The molecule has 0 radical (unpaired) electrons. The van der Waals surface area contributed by atoms with Crippen molar-refractivity contribution in [2.24, 2.45) is 5.73 Å². The van der Waals surface area contributed by atoms with Crippen LogP contribution >= 0.6 is 0 Å². The van der Waals surface area contributed by atoms with Crippen LogP contribution < -0.4 is 5.73 Å². The van der Waals surface area contributed by atoms with E-state index in [2.05, 4.69) is 6.92 Å². The van der Waals surface area contributed by atoms with Crippen molar-refractivity contribution in [2.45, 2.75) is 63.9 Å². The van der Waals surface area contributed by atoms with Crippen molar-refractivity contribution < 1.29 is 15.0 Å². The molecule has 0 spiro atoms. The van der Waals surface area contributed by atoms with Crippen LogP contribution in [-0.2, 0) is 10.4 Å². The number of rotatable bonds is 10. The summed E-state index contributed by atoms with van der Waals surface area (Å²) in [7, 11) is 0. The minimum absolute atomic E-state index is 0.0986. The van der Waals surface area contributed by atoms with Gasteiger partial charge in [0, 0.05) is 0 Å². The van der Waals surface area contributed by atoms with Gasteiger partial charge in [-0.1, -0.05) is 57.6 Å². The number of phenols is 1. The molecule has 4 nitrogen and oxygen atoms in total. The van der Waals surface area contributed by atoms with E-state index >= 15 is 0 Å². The van der Waals surface area contributed by atoms with E-state index in [4.69, 9.17) is 5.73 Å². The predicted octanol–water partition coefficient (Wildman–Crippen LogP) is 3.21. The molecule has 0 bridgehead atoms. The van der Waals surface area contributed by atoms with Crippen molar-refractivity contribution in [3.8, 4) is 5.75 Å². The van der Waals surface area contributed by atoms with Crippen LogP contribution in [0.1, 0.15) is 63.9 Å². The van der Waals surface area contributed by atoms with Crippen molar-refractivity contribution in [1.29, 1.82) is 0 Å². The highest BCUT2D eigenvalue weighted by Gasteiger charge is 2.35. The van der Waals surface area contributed by atoms with Crippen LogP contribution in [-0.4, -0.2) is 16.1 Å². The first-order valence-corrected chi connectivity index (χ1v) is 7.82. The Morgan fingerprint density at radius 1 is 1.05 bits per heavy atom. The van der Waals surface area contributed by atoms with E-state index in [1.165, 1.54) is 37.8 Å². The molecule has 0 aliphatic heterocycles. The number of hydrogen-bond donors (Lipinski definition) is 3. The molecule has 1 unspecified atom stereocenters. The summed E-state index contributed by atoms with van der Waals surface area (Å²) in [6, 6.07) is 5.99. The highest BCUT2D eigenvalue weighted by Crippen LogP contribution is 2.28. The van der Waals surface area contributed by atoms with E-state index in [1.807, 2.05) is 0 Å². The second-order valence-electron chi connectivity index (χ2n) is 5.64. The van der Waals surface area contributed by atoms with Crippen molar-refractivity contribution in [1.82, 2.24) is 0 Å². The molecule has 0 aromatic heterocycles. The molecule has 1 aromatic carbocycles. The molecule has 4 heteroatoms. The number of carbonyl (C=O) groups excluding carboxylic acids is 1. The van der Waals surface area contributed by atoms with Gasteiger partial charge in [0.15, 0.2) is 5.60 Å². The maximum Gasteiger partial charge on any atom is 0.254 e. The van der Waals surface area contributed by atoms with Gasteiger partial charge in [-0.05, 0) is 30.5 Å². The lowest BCUT2D eigenvalue weighted by Gasteiger charge is -2.25. The number of unbranched alkanes of at least 4 members (excludes halogenated alkanes) is 6. The van der Waals surface area contributed by atoms with Gasteiger partial charge in [-0.25, -0.2) is 0 Å². The Morgan fingerprint density at radius 3 is 2.10 bits per heavy atom. The van der Waals surface area contributed by atoms with Gasteiger partial charge in [0.2, 0.25) is 0 Å². The van der Waals surface area contributed by atoms with Gasteiger partial charge in [0.25, 0.3) is 5.91 Å². The lowest BCUT2D eigenvalue weighted by atomic mass is 9.87. The fourth-order valence-corrected chi connectivity index (χ4v) is 2.48. The largest absolute Gasteiger partial charge is 0.508 e. The molecule has 21 heavy (non-hydrogen) atoms. The fourth-order valence-electron chi connectivity index (χ4n) is 2.48. The molecule has 4 N–H and O–H groups in total. The number of aliphatic hydroxyl groups is 1. The average molecular weight is 293 g/mol. The fraction of sp³-hybridized carbons (Fsp3) is 0.588. The third-order valence-electron chi connectivity index (χ3n) is 3.89. The number of phenolic OH excluding ortho intramolecular Hbond substituents is 1. The van der Waals surface area contributed by atoms with E-state index in [0.717, 1.165) is 19.3 Å². The third kappa shape index (κ3) is 5.38. The molecular formula is C17H27NO3. The average Bonchev–Trinajstić information content (AvgIpc) is 2.46. The monoisotopic (exact) mass is 293 g/mol. The lowest BCUT2D eigenvalue weighted by Crippen LogP contribution is -2.41. The molecule has 0 saturated heterocycles. The quantitative estimate of drug-likeness (QED) is 0.579. The van der Waals surface area contributed by atoms with Crippen LogP contribution in [0.5, 0.6) is 5.75 Å². The second kappa shape index (κ2) is 8.67. The topological polar surface area (TPSA) is 83.5 Å². The van der Waals surface area contributed by atoms with E-state index in [1.54, 1.807) is 12.1 Å². The number of aromatic hydroxyl groups is 1.